The van der Waals surface area contributed by atoms with E-state index in [0.717, 1.165) is 18.4 Å². The Morgan fingerprint density at radius 2 is 1.97 bits per heavy atom. The van der Waals surface area contributed by atoms with Gasteiger partial charge in [-0.15, -0.1) is 4.40 Å². The number of rotatable bonds is 5. The average molecular weight is 412 g/mol. The van der Waals surface area contributed by atoms with Crippen LogP contribution in [0.4, 0.5) is 5.69 Å². The first-order valence-electron chi connectivity index (χ1n) is 9.20. The first kappa shape index (κ1) is 19.1. The maximum absolute atomic E-state index is 12.5. The molecule has 1 N–H and O–H groups in total. The Morgan fingerprint density at radius 3 is 2.69 bits per heavy atom. The monoisotopic (exact) mass is 412 g/mol. The lowest BCUT2D eigenvalue weighted by molar-refractivity contribution is -0.115. The molecule has 4 rings (SSSR count). The van der Waals surface area contributed by atoms with Crippen LogP contribution >= 0.6 is 0 Å². The van der Waals surface area contributed by atoms with E-state index in [1.807, 2.05) is 30.1 Å². The molecule has 0 radical (unpaired) electrons. The Morgan fingerprint density at radius 1 is 1.21 bits per heavy atom. The highest BCUT2D eigenvalue weighted by Crippen LogP contribution is 2.21. The lowest BCUT2D eigenvalue weighted by Gasteiger charge is -2.11. The van der Waals surface area contributed by atoms with E-state index >= 15 is 0 Å². The predicted molar refractivity (Wildman–Crippen MR) is 109 cm³/mol. The van der Waals surface area contributed by atoms with Crippen molar-refractivity contribution < 1.29 is 17.7 Å². The molecule has 2 aromatic carbocycles. The van der Waals surface area contributed by atoms with Gasteiger partial charge in [0.05, 0.1) is 11.3 Å². The number of amidine groups is 1. The predicted octanol–water partition coefficient (Wildman–Crippen LogP) is 2.82. The number of nitrogens with one attached hydrogen (secondary N) is 1. The van der Waals surface area contributed by atoms with Crippen LogP contribution in [0.25, 0.3) is 11.0 Å². The molecule has 0 aliphatic carbocycles. The van der Waals surface area contributed by atoms with Gasteiger partial charge in [0.2, 0.25) is 5.91 Å². The number of para-hydroxylation sites is 1. The highest BCUT2D eigenvalue weighted by atomic mass is 32.2. The van der Waals surface area contributed by atoms with Crippen molar-refractivity contribution in [3.63, 3.8) is 0 Å². The van der Waals surface area contributed by atoms with Gasteiger partial charge in [0.25, 0.3) is 10.0 Å². The molecule has 0 spiro atoms. The summed E-state index contributed by atoms with van der Waals surface area (Å²) in [4.78, 5) is 14.3. The summed E-state index contributed by atoms with van der Waals surface area (Å²) in [7, 11) is -1.94. The summed E-state index contributed by atoms with van der Waals surface area (Å²) in [5.41, 5.74) is 1.67. The molecular formula is C20H20N4O4S. The summed E-state index contributed by atoms with van der Waals surface area (Å²) in [6.07, 6.45) is 1.61. The van der Waals surface area contributed by atoms with Crippen molar-refractivity contribution in [2.45, 2.75) is 24.2 Å². The summed E-state index contributed by atoms with van der Waals surface area (Å²) in [6.45, 7) is 0.806. The molecule has 1 aliphatic heterocycles. The van der Waals surface area contributed by atoms with Gasteiger partial charge >= 0.3 is 0 Å². The minimum absolute atomic E-state index is 0.0526. The number of benzene rings is 2. The van der Waals surface area contributed by atoms with Crippen LogP contribution in [0.1, 0.15) is 18.5 Å². The Balaban J connectivity index is 1.44. The second kappa shape index (κ2) is 7.67. The van der Waals surface area contributed by atoms with Crippen molar-refractivity contribution in [2.75, 3.05) is 18.9 Å². The fourth-order valence-electron chi connectivity index (χ4n) is 3.23. The number of nitrogens with zero attached hydrogens (tertiary/aromatic N) is 3. The number of hydrogen-bond acceptors (Lipinski definition) is 5. The molecule has 1 aliphatic rings. The third-order valence-electron chi connectivity index (χ3n) is 4.78. The van der Waals surface area contributed by atoms with Gasteiger partial charge in [-0.05, 0) is 42.8 Å². The standard InChI is InChI=1S/C20H20N4O4S/c1-24-12-4-7-19(24)23-29(26,27)15-10-8-14(9-11-15)21-20(25)13-17-16-5-2-3-6-18(16)28-22-17/h2-3,5-6,8-11H,4,7,12-13H2,1H3,(H,21,25)/b23-19-. The fourth-order valence-corrected chi connectivity index (χ4v) is 4.33. The van der Waals surface area contributed by atoms with Crippen molar-refractivity contribution >= 4 is 38.4 Å². The van der Waals surface area contributed by atoms with Crippen LogP contribution in [-0.2, 0) is 21.2 Å². The molecule has 0 saturated carbocycles. The van der Waals surface area contributed by atoms with Crippen molar-refractivity contribution in [1.82, 2.24) is 10.1 Å². The maximum Gasteiger partial charge on any atom is 0.283 e. The van der Waals surface area contributed by atoms with Crippen LogP contribution in [0.5, 0.6) is 0 Å². The van der Waals surface area contributed by atoms with Crippen molar-refractivity contribution in [3.05, 3.63) is 54.2 Å². The highest BCUT2D eigenvalue weighted by Gasteiger charge is 2.20. The first-order valence-corrected chi connectivity index (χ1v) is 10.6. The van der Waals surface area contributed by atoms with Gasteiger partial charge in [-0.2, -0.15) is 8.42 Å². The largest absolute Gasteiger partial charge is 0.362 e. The zero-order valence-corrected chi connectivity index (χ0v) is 16.6. The molecule has 2 heterocycles. The SMILES string of the molecule is CN1CCC/C1=N/S(=O)(=O)c1ccc(NC(=O)Cc2noc3ccccc23)cc1. The first-order chi connectivity index (χ1) is 13.9. The number of hydrogen-bond donors (Lipinski definition) is 1. The van der Waals surface area contributed by atoms with Gasteiger partial charge in [0.15, 0.2) is 5.58 Å². The zero-order valence-electron chi connectivity index (χ0n) is 15.8. The van der Waals surface area contributed by atoms with E-state index in [0.29, 0.717) is 29.2 Å². The molecule has 0 atom stereocenters. The van der Waals surface area contributed by atoms with Crippen LogP contribution in [0.2, 0.25) is 0 Å². The highest BCUT2D eigenvalue weighted by molar-refractivity contribution is 7.90. The van der Waals surface area contributed by atoms with E-state index in [4.69, 9.17) is 4.52 Å². The number of anilines is 1. The molecule has 1 amide bonds. The second-order valence-electron chi connectivity index (χ2n) is 6.88. The number of carbonyl (C=O) groups excluding carboxylic acids is 1. The lowest BCUT2D eigenvalue weighted by atomic mass is 10.1. The number of fused-ring (bicyclic) bond motifs is 1. The Kier molecular flexibility index (Phi) is 5.06. The second-order valence-corrected chi connectivity index (χ2v) is 8.49. The van der Waals surface area contributed by atoms with E-state index in [2.05, 4.69) is 14.9 Å². The minimum Gasteiger partial charge on any atom is -0.362 e. The van der Waals surface area contributed by atoms with Crippen molar-refractivity contribution in [3.8, 4) is 0 Å². The van der Waals surface area contributed by atoms with Crippen LogP contribution in [0, 0.1) is 0 Å². The average Bonchev–Trinajstić information content (AvgIpc) is 3.28. The normalized spacial score (nSPS) is 15.9. The van der Waals surface area contributed by atoms with Gasteiger partial charge < -0.3 is 14.7 Å². The van der Waals surface area contributed by atoms with E-state index < -0.39 is 10.0 Å². The molecule has 9 heteroatoms. The van der Waals surface area contributed by atoms with E-state index in [1.165, 1.54) is 12.1 Å². The smallest absolute Gasteiger partial charge is 0.283 e. The summed E-state index contributed by atoms with van der Waals surface area (Å²) in [5.74, 6) is 0.301. The molecule has 1 saturated heterocycles. The third-order valence-corrected chi connectivity index (χ3v) is 6.10. The van der Waals surface area contributed by atoms with Gasteiger partial charge in [-0.1, -0.05) is 17.3 Å². The molecule has 1 fully saturated rings. The Labute approximate surface area is 168 Å². The number of aromatic nitrogens is 1. The molecule has 8 nitrogen and oxygen atoms in total. The molecule has 0 unspecified atom stereocenters. The topological polar surface area (TPSA) is 105 Å². The number of sulfonamides is 1. The van der Waals surface area contributed by atoms with Crippen LogP contribution in [-0.4, -0.2) is 43.8 Å². The van der Waals surface area contributed by atoms with Crippen molar-refractivity contribution in [1.29, 1.82) is 0 Å². The summed E-state index contributed by atoms with van der Waals surface area (Å²) in [6, 6.07) is 13.3. The lowest BCUT2D eigenvalue weighted by Crippen LogP contribution is -2.20. The van der Waals surface area contributed by atoms with Crippen molar-refractivity contribution in [2.24, 2.45) is 4.40 Å². The van der Waals surface area contributed by atoms with Gasteiger partial charge in [0, 0.05) is 31.1 Å². The maximum atomic E-state index is 12.5. The fraction of sp³-hybridized carbons (Fsp3) is 0.250. The number of amides is 1. The summed E-state index contributed by atoms with van der Waals surface area (Å²) < 4.78 is 34.1. The molecule has 3 aromatic rings. The Hall–Kier alpha value is -3.20. The van der Waals surface area contributed by atoms with Gasteiger partial charge in [-0.3, -0.25) is 4.79 Å². The number of likely N-dealkylation sites (tertiary alicyclic amines) is 1. The van der Waals surface area contributed by atoms with Gasteiger partial charge in [0.1, 0.15) is 11.5 Å². The molecule has 150 valence electrons. The summed E-state index contributed by atoms with van der Waals surface area (Å²) >= 11 is 0. The minimum atomic E-state index is -3.78. The van der Waals surface area contributed by atoms with E-state index in [9.17, 15) is 13.2 Å². The quantitative estimate of drug-likeness (QED) is 0.691. The van der Waals surface area contributed by atoms with E-state index in [-0.39, 0.29) is 17.2 Å². The molecule has 0 bridgehead atoms. The molecular weight excluding hydrogens is 392 g/mol. The Bertz CT molecular complexity index is 1180. The van der Waals surface area contributed by atoms with Gasteiger partial charge in [-0.25, -0.2) is 0 Å². The summed E-state index contributed by atoms with van der Waals surface area (Å²) in [5, 5.41) is 7.48. The van der Waals surface area contributed by atoms with Crippen LogP contribution in [0.3, 0.4) is 0 Å². The number of carbonyl (C=O) groups is 1. The zero-order chi connectivity index (χ0) is 20.4. The van der Waals surface area contributed by atoms with Crippen LogP contribution < -0.4 is 5.32 Å². The molecule has 1 aromatic heterocycles. The molecule has 29 heavy (non-hydrogen) atoms. The third kappa shape index (κ3) is 4.14. The van der Waals surface area contributed by atoms with E-state index in [1.54, 1.807) is 18.2 Å². The van der Waals surface area contributed by atoms with Crippen LogP contribution in [0.15, 0.2) is 62.3 Å².